The maximum atomic E-state index is 12.0. The molecule has 1 aliphatic carbocycles. The number of nitrogens with one attached hydrogen (secondary N) is 1. The molecule has 0 bridgehead atoms. The molecule has 1 aromatic rings. The quantitative estimate of drug-likeness (QED) is 0.861. The molecule has 1 heterocycles. The van der Waals surface area contributed by atoms with Crippen molar-refractivity contribution in [2.45, 2.75) is 31.3 Å². The highest BCUT2D eigenvalue weighted by Crippen LogP contribution is 2.36. The molecule has 1 amide bonds. The lowest BCUT2D eigenvalue weighted by Gasteiger charge is -2.18. The van der Waals surface area contributed by atoms with Crippen molar-refractivity contribution in [3.8, 4) is 0 Å². The molecule has 102 valence electrons. The van der Waals surface area contributed by atoms with Crippen molar-refractivity contribution in [1.82, 2.24) is 10.2 Å². The monoisotopic (exact) mass is 259 g/mol. The average Bonchev–Trinajstić information content (AvgIpc) is 3.06. The number of amides is 1. The molecule has 1 fully saturated rings. The first kappa shape index (κ1) is 12.6. The number of nitrogens with zero attached hydrogens (tertiary/aromatic N) is 1. The summed E-state index contributed by atoms with van der Waals surface area (Å²) in [5.41, 5.74) is 8.60. The molecule has 1 aliphatic heterocycles. The molecule has 0 saturated carbocycles. The van der Waals surface area contributed by atoms with E-state index in [-0.39, 0.29) is 18.0 Å². The molecule has 19 heavy (non-hydrogen) atoms. The van der Waals surface area contributed by atoms with Crippen LogP contribution in [0.15, 0.2) is 24.3 Å². The molecule has 1 aromatic carbocycles. The number of carbonyl (C=O) groups is 1. The number of rotatable bonds is 3. The van der Waals surface area contributed by atoms with Crippen molar-refractivity contribution in [2.24, 2.45) is 5.73 Å². The highest BCUT2D eigenvalue weighted by atomic mass is 16.2. The van der Waals surface area contributed by atoms with Crippen LogP contribution in [0.3, 0.4) is 0 Å². The van der Waals surface area contributed by atoms with Gasteiger partial charge in [-0.25, -0.2) is 0 Å². The highest BCUT2D eigenvalue weighted by molar-refractivity contribution is 5.78. The molecular weight excluding hydrogens is 238 g/mol. The normalized spacial score (nSPS) is 25.6. The molecule has 2 atom stereocenters. The molecule has 2 aliphatic rings. The number of benzene rings is 1. The van der Waals surface area contributed by atoms with Crippen LogP contribution in [0.5, 0.6) is 0 Å². The topological polar surface area (TPSA) is 58.4 Å². The number of likely N-dealkylation sites (tertiary alicyclic amines) is 1. The Hall–Kier alpha value is -1.39. The summed E-state index contributed by atoms with van der Waals surface area (Å²) in [6.45, 7) is 2.26. The van der Waals surface area contributed by atoms with E-state index in [2.05, 4.69) is 17.4 Å². The van der Waals surface area contributed by atoms with Gasteiger partial charge in [0.1, 0.15) is 0 Å². The van der Waals surface area contributed by atoms with Crippen molar-refractivity contribution in [1.29, 1.82) is 0 Å². The van der Waals surface area contributed by atoms with Gasteiger partial charge in [0.25, 0.3) is 0 Å². The van der Waals surface area contributed by atoms with Crippen LogP contribution >= 0.6 is 0 Å². The molecular formula is C15H21N3O. The number of nitrogens with two attached hydrogens (primary N) is 1. The molecule has 4 heteroatoms. The van der Waals surface area contributed by atoms with Gasteiger partial charge >= 0.3 is 0 Å². The van der Waals surface area contributed by atoms with E-state index >= 15 is 0 Å². The van der Waals surface area contributed by atoms with E-state index in [1.54, 1.807) is 0 Å². The third kappa shape index (κ3) is 2.51. The Morgan fingerprint density at radius 3 is 2.68 bits per heavy atom. The Morgan fingerprint density at radius 1 is 1.26 bits per heavy atom. The summed E-state index contributed by atoms with van der Waals surface area (Å²) in [5, 5.41) is 3.37. The molecule has 0 spiro atoms. The Kier molecular flexibility index (Phi) is 3.53. The van der Waals surface area contributed by atoms with Gasteiger partial charge in [-0.1, -0.05) is 24.3 Å². The molecule has 2 unspecified atom stereocenters. The summed E-state index contributed by atoms with van der Waals surface area (Å²) in [5.74, 6) is 0.218. The summed E-state index contributed by atoms with van der Waals surface area (Å²) in [7, 11) is 0. The Morgan fingerprint density at radius 2 is 1.95 bits per heavy atom. The molecule has 0 aromatic heterocycles. The second kappa shape index (κ2) is 5.31. The summed E-state index contributed by atoms with van der Waals surface area (Å²) >= 11 is 0. The van der Waals surface area contributed by atoms with E-state index in [0.717, 1.165) is 32.4 Å². The minimum Gasteiger partial charge on any atom is -0.342 e. The number of fused-ring (bicyclic) bond motifs is 1. The van der Waals surface area contributed by atoms with Crippen LogP contribution in [0.2, 0.25) is 0 Å². The largest absolute Gasteiger partial charge is 0.342 e. The number of hydrogen-bond donors (Lipinski definition) is 2. The summed E-state index contributed by atoms with van der Waals surface area (Å²) < 4.78 is 0. The van der Waals surface area contributed by atoms with E-state index in [1.807, 2.05) is 17.0 Å². The molecule has 3 N–H and O–H groups in total. The van der Waals surface area contributed by atoms with E-state index in [1.165, 1.54) is 11.1 Å². The van der Waals surface area contributed by atoms with Crippen LogP contribution in [0, 0.1) is 0 Å². The van der Waals surface area contributed by atoms with Crippen molar-refractivity contribution < 1.29 is 4.79 Å². The van der Waals surface area contributed by atoms with E-state index in [0.29, 0.717) is 6.54 Å². The first-order valence-corrected chi connectivity index (χ1v) is 7.11. The third-order valence-corrected chi connectivity index (χ3v) is 4.22. The first-order chi connectivity index (χ1) is 9.25. The summed E-state index contributed by atoms with van der Waals surface area (Å²) in [6.07, 6.45) is 3.17. The van der Waals surface area contributed by atoms with Crippen molar-refractivity contribution in [2.75, 3.05) is 19.6 Å². The Labute approximate surface area is 114 Å². The van der Waals surface area contributed by atoms with Gasteiger partial charge in [0, 0.05) is 25.2 Å². The van der Waals surface area contributed by atoms with Gasteiger partial charge in [-0.3, -0.25) is 4.79 Å². The van der Waals surface area contributed by atoms with Crippen LogP contribution < -0.4 is 11.1 Å². The van der Waals surface area contributed by atoms with E-state index < -0.39 is 0 Å². The van der Waals surface area contributed by atoms with Crippen LogP contribution in [0.1, 0.15) is 42.5 Å². The van der Waals surface area contributed by atoms with Crippen LogP contribution in [0.4, 0.5) is 0 Å². The van der Waals surface area contributed by atoms with Crippen molar-refractivity contribution in [3.05, 3.63) is 35.4 Å². The predicted molar refractivity (Wildman–Crippen MR) is 74.5 cm³/mol. The van der Waals surface area contributed by atoms with Gasteiger partial charge < -0.3 is 16.0 Å². The SMILES string of the molecule is NC1CC(NCC(=O)N2CCCC2)c2ccccc21. The van der Waals surface area contributed by atoms with Gasteiger partial charge in [-0.15, -0.1) is 0 Å². The second-order valence-corrected chi connectivity index (χ2v) is 5.49. The predicted octanol–water partition coefficient (Wildman–Crippen LogP) is 1.34. The first-order valence-electron chi connectivity index (χ1n) is 7.11. The zero-order valence-corrected chi connectivity index (χ0v) is 11.1. The highest BCUT2D eigenvalue weighted by Gasteiger charge is 2.28. The Balaban J connectivity index is 1.61. The second-order valence-electron chi connectivity index (χ2n) is 5.49. The zero-order chi connectivity index (χ0) is 13.2. The number of hydrogen-bond acceptors (Lipinski definition) is 3. The van der Waals surface area contributed by atoms with Crippen LogP contribution in [0.25, 0.3) is 0 Å². The van der Waals surface area contributed by atoms with Gasteiger partial charge in [0.05, 0.1) is 6.54 Å². The molecule has 3 rings (SSSR count). The summed E-state index contributed by atoms with van der Waals surface area (Å²) in [6, 6.07) is 8.57. The molecule has 4 nitrogen and oxygen atoms in total. The van der Waals surface area contributed by atoms with Gasteiger partial charge in [0.15, 0.2) is 0 Å². The van der Waals surface area contributed by atoms with Crippen molar-refractivity contribution in [3.63, 3.8) is 0 Å². The molecule has 1 saturated heterocycles. The lowest BCUT2D eigenvalue weighted by Crippen LogP contribution is -2.37. The Bertz CT molecular complexity index is 468. The average molecular weight is 259 g/mol. The zero-order valence-electron chi connectivity index (χ0n) is 11.1. The van der Waals surface area contributed by atoms with Gasteiger partial charge in [0.2, 0.25) is 5.91 Å². The fourth-order valence-electron chi connectivity index (χ4n) is 3.16. The lowest BCUT2D eigenvalue weighted by molar-refractivity contribution is -0.129. The number of carbonyl (C=O) groups excluding carboxylic acids is 1. The fraction of sp³-hybridized carbons (Fsp3) is 0.533. The fourth-order valence-corrected chi connectivity index (χ4v) is 3.16. The smallest absolute Gasteiger partial charge is 0.236 e. The van der Waals surface area contributed by atoms with Crippen LogP contribution in [-0.2, 0) is 4.79 Å². The van der Waals surface area contributed by atoms with Crippen molar-refractivity contribution >= 4 is 5.91 Å². The molecule has 0 radical (unpaired) electrons. The van der Waals surface area contributed by atoms with E-state index in [4.69, 9.17) is 5.73 Å². The third-order valence-electron chi connectivity index (χ3n) is 4.22. The van der Waals surface area contributed by atoms with Gasteiger partial charge in [-0.05, 0) is 30.4 Å². The lowest BCUT2D eigenvalue weighted by atomic mass is 10.1. The standard InChI is InChI=1S/C15H21N3O/c16-13-9-14(12-6-2-1-5-11(12)13)17-10-15(19)18-7-3-4-8-18/h1-2,5-6,13-14,17H,3-4,7-10,16H2. The van der Waals surface area contributed by atoms with Crippen LogP contribution in [-0.4, -0.2) is 30.4 Å². The minimum absolute atomic E-state index is 0.0931. The van der Waals surface area contributed by atoms with E-state index in [9.17, 15) is 4.79 Å². The van der Waals surface area contributed by atoms with Gasteiger partial charge in [-0.2, -0.15) is 0 Å². The summed E-state index contributed by atoms with van der Waals surface area (Å²) in [4.78, 5) is 14.0. The maximum Gasteiger partial charge on any atom is 0.236 e. The minimum atomic E-state index is 0.0931. The maximum absolute atomic E-state index is 12.0.